The first-order valence-electron chi connectivity index (χ1n) is 6.56. The van der Waals surface area contributed by atoms with E-state index in [0.717, 1.165) is 12.8 Å². The summed E-state index contributed by atoms with van der Waals surface area (Å²) in [5.41, 5.74) is 5.96. The van der Waals surface area contributed by atoms with E-state index in [9.17, 15) is 0 Å². The summed E-state index contributed by atoms with van der Waals surface area (Å²) in [6.45, 7) is 0. The van der Waals surface area contributed by atoms with Crippen molar-refractivity contribution in [2.45, 2.75) is 32.1 Å². The van der Waals surface area contributed by atoms with Gasteiger partial charge in [-0.25, -0.2) is 0 Å². The lowest BCUT2D eigenvalue weighted by Crippen LogP contribution is -1.92. The number of fused-ring (bicyclic) bond motifs is 4. The molecule has 3 rings (SSSR count). The first kappa shape index (κ1) is 10.6. The van der Waals surface area contributed by atoms with Crippen LogP contribution in [0.3, 0.4) is 0 Å². The van der Waals surface area contributed by atoms with Gasteiger partial charge in [0.25, 0.3) is 0 Å². The van der Waals surface area contributed by atoms with Gasteiger partial charge in [-0.3, -0.25) is 0 Å². The van der Waals surface area contributed by atoms with E-state index in [2.05, 4.69) is 48.5 Å². The van der Waals surface area contributed by atoms with Gasteiger partial charge in [0.05, 0.1) is 0 Å². The first-order chi connectivity index (χ1) is 8.40. The zero-order valence-electron chi connectivity index (χ0n) is 10.2. The van der Waals surface area contributed by atoms with E-state index in [1.165, 1.54) is 41.5 Å². The van der Waals surface area contributed by atoms with Gasteiger partial charge in [-0.1, -0.05) is 48.5 Å². The molecule has 2 aromatic carbocycles. The molecule has 0 aromatic heterocycles. The maximum absolute atomic E-state index is 2.38. The first-order valence-corrected chi connectivity index (χ1v) is 6.56. The van der Waals surface area contributed by atoms with Crippen molar-refractivity contribution in [3.8, 4) is 0 Å². The zero-order valence-corrected chi connectivity index (χ0v) is 10.2. The molecule has 0 atom stereocenters. The summed E-state index contributed by atoms with van der Waals surface area (Å²) in [5.74, 6) is 0. The van der Waals surface area contributed by atoms with Crippen LogP contribution in [0.25, 0.3) is 0 Å². The lowest BCUT2D eigenvalue weighted by atomic mass is 10.0. The van der Waals surface area contributed by atoms with Crippen LogP contribution in [0, 0.1) is 0 Å². The van der Waals surface area contributed by atoms with Gasteiger partial charge >= 0.3 is 0 Å². The molecule has 0 N–H and O–H groups in total. The molecular weight excluding hydrogens is 204 g/mol. The molecule has 17 heavy (non-hydrogen) atoms. The maximum Gasteiger partial charge on any atom is -0.0238 e. The lowest BCUT2D eigenvalue weighted by molar-refractivity contribution is 0.820. The Morgan fingerprint density at radius 1 is 0.529 bits per heavy atom. The quantitative estimate of drug-likeness (QED) is 0.633. The van der Waals surface area contributed by atoms with Crippen LogP contribution in [0.1, 0.15) is 28.7 Å². The predicted octanol–water partition coefficient (Wildman–Crippen LogP) is 3.96. The highest BCUT2D eigenvalue weighted by atomic mass is 14.1. The third kappa shape index (κ3) is 2.58. The molecule has 0 nitrogen and oxygen atoms in total. The molecular formula is C17H18. The van der Waals surface area contributed by atoms with Gasteiger partial charge in [-0.05, 0) is 54.4 Å². The Morgan fingerprint density at radius 3 is 1.41 bits per heavy atom. The minimum Gasteiger partial charge on any atom is -0.0617 e. The Morgan fingerprint density at radius 2 is 0.941 bits per heavy atom. The molecule has 2 aromatic rings. The van der Waals surface area contributed by atoms with E-state index in [1.54, 1.807) is 0 Å². The van der Waals surface area contributed by atoms with Crippen LogP contribution < -0.4 is 0 Å². The Balaban J connectivity index is 1.92. The fraction of sp³-hybridized carbons (Fsp3) is 0.294. The van der Waals surface area contributed by atoms with E-state index in [1.807, 2.05) is 0 Å². The highest BCUT2D eigenvalue weighted by Gasteiger charge is 2.03. The minimum atomic E-state index is 1.16. The Hall–Kier alpha value is -1.56. The number of rotatable bonds is 0. The third-order valence-corrected chi connectivity index (χ3v) is 3.62. The second kappa shape index (κ2) is 4.75. The van der Waals surface area contributed by atoms with Crippen LogP contribution in [0.4, 0.5) is 0 Å². The second-order valence-electron chi connectivity index (χ2n) is 4.99. The van der Waals surface area contributed by atoms with Crippen molar-refractivity contribution < 1.29 is 0 Å². The minimum absolute atomic E-state index is 1.16. The zero-order chi connectivity index (χ0) is 11.5. The smallest absolute Gasteiger partial charge is 0.0238 e. The Labute approximate surface area is 103 Å². The monoisotopic (exact) mass is 222 g/mol. The van der Waals surface area contributed by atoms with Crippen LogP contribution in [0.15, 0.2) is 48.5 Å². The van der Waals surface area contributed by atoms with E-state index in [4.69, 9.17) is 0 Å². The van der Waals surface area contributed by atoms with Crippen molar-refractivity contribution in [1.29, 1.82) is 0 Å². The highest BCUT2D eigenvalue weighted by molar-refractivity contribution is 5.28. The summed E-state index contributed by atoms with van der Waals surface area (Å²) < 4.78 is 0. The van der Waals surface area contributed by atoms with Gasteiger partial charge in [0.1, 0.15) is 0 Å². The molecule has 0 radical (unpaired) electrons. The molecule has 0 unspecified atom stereocenters. The summed E-state index contributed by atoms with van der Waals surface area (Å²) in [4.78, 5) is 0. The average molecular weight is 222 g/mol. The topological polar surface area (TPSA) is 0 Å². The second-order valence-corrected chi connectivity index (χ2v) is 4.99. The molecule has 0 heteroatoms. The molecule has 1 aliphatic carbocycles. The number of aryl methyl sites for hydroxylation is 4. The predicted molar refractivity (Wildman–Crippen MR) is 72.3 cm³/mol. The fourth-order valence-corrected chi connectivity index (χ4v) is 2.67. The Bertz CT molecular complexity index is 463. The van der Waals surface area contributed by atoms with E-state index >= 15 is 0 Å². The van der Waals surface area contributed by atoms with Crippen molar-refractivity contribution in [2.24, 2.45) is 0 Å². The normalized spacial score (nSPS) is 15.1. The van der Waals surface area contributed by atoms with Gasteiger partial charge < -0.3 is 0 Å². The van der Waals surface area contributed by atoms with E-state index < -0.39 is 0 Å². The molecule has 0 spiro atoms. The molecule has 0 heterocycles. The fourth-order valence-electron chi connectivity index (χ4n) is 2.67. The van der Waals surface area contributed by atoms with Crippen LogP contribution in [0.5, 0.6) is 0 Å². The van der Waals surface area contributed by atoms with Gasteiger partial charge in [0.2, 0.25) is 0 Å². The summed E-state index contributed by atoms with van der Waals surface area (Å²) in [6.07, 6.45) is 6.00. The van der Waals surface area contributed by atoms with Gasteiger partial charge in [0, 0.05) is 0 Å². The SMILES string of the molecule is c1cc2cc(c1)CCc1cccc(c1)CCC2. The van der Waals surface area contributed by atoms with Gasteiger partial charge in [-0.15, -0.1) is 0 Å². The van der Waals surface area contributed by atoms with Crippen LogP contribution in [-0.2, 0) is 25.7 Å². The molecule has 0 saturated carbocycles. The molecule has 0 amide bonds. The number of hydrogen-bond donors (Lipinski definition) is 0. The van der Waals surface area contributed by atoms with Crippen molar-refractivity contribution in [3.05, 3.63) is 70.8 Å². The molecule has 0 fully saturated rings. The molecule has 86 valence electrons. The van der Waals surface area contributed by atoms with Crippen molar-refractivity contribution in [1.82, 2.24) is 0 Å². The summed E-state index contributed by atoms with van der Waals surface area (Å²) in [5, 5.41) is 0. The summed E-state index contributed by atoms with van der Waals surface area (Å²) in [6, 6.07) is 18.2. The largest absolute Gasteiger partial charge is 0.0617 e. The van der Waals surface area contributed by atoms with E-state index in [-0.39, 0.29) is 0 Å². The van der Waals surface area contributed by atoms with Crippen LogP contribution in [-0.4, -0.2) is 0 Å². The Kier molecular flexibility index (Phi) is 2.96. The summed E-state index contributed by atoms with van der Waals surface area (Å²) in [7, 11) is 0. The van der Waals surface area contributed by atoms with Gasteiger partial charge in [0.15, 0.2) is 0 Å². The molecule has 1 aliphatic rings. The van der Waals surface area contributed by atoms with Crippen molar-refractivity contribution >= 4 is 0 Å². The standard InChI is InChI=1S/C17H18/c1-4-14-6-2-8-16(12-14)10-11-17-9-3-7-15(5-1)13-17/h2-3,6-9,12-13H,1,4-5,10-11H2. The molecule has 0 aliphatic heterocycles. The van der Waals surface area contributed by atoms with E-state index in [0.29, 0.717) is 0 Å². The molecule has 0 saturated heterocycles. The highest BCUT2D eigenvalue weighted by Crippen LogP contribution is 2.16. The number of hydrogen-bond acceptors (Lipinski definition) is 0. The van der Waals surface area contributed by atoms with Gasteiger partial charge in [-0.2, -0.15) is 0 Å². The number of benzene rings is 2. The maximum atomic E-state index is 2.38. The third-order valence-electron chi connectivity index (χ3n) is 3.62. The van der Waals surface area contributed by atoms with Crippen molar-refractivity contribution in [2.75, 3.05) is 0 Å². The lowest BCUT2D eigenvalue weighted by Gasteiger charge is -2.04. The average Bonchev–Trinajstić information content (AvgIpc) is 2.38. The van der Waals surface area contributed by atoms with Crippen molar-refractivity contribution in [3.63, 3.8) is 0 Å². The molecule has 4 bridgehead atoms. The van der Waals surface area contributed by atoms with Crippen LogP contribution >= 0.6 is 0 Å². The van der Waals surface area contributed by atoms with Crippen LogP contribution in [0.2, 0.25) is 0 Å². The summed E-state index contributed by atoms with van der Waals surface area (Å²) >= 11 is 0.